The van der Waals surface area contributed by atoms with Gasteiger partial charge in [0, 0.05) is 12.4 Å². The standard InChI is InChI=1S/C22H26N2Si/c1-3-10-19(2)17-25-22(24-16-15-23-18-24,20-11-6-4-7-12-20)21-13-8-5-9-14-21/h3-16,18-19H,17,25H2,1-2H3. The molecule has 2 aromatic carbocycles. The van der Waals surface area contributed by atoms with Gasteiger partial charge in [-0.15, -0.1) is 0 Å². The van der Waals surface area contributed by atoms with Gasteiger partial charge in [-0.3, -0.25) is 0 Å². The number of imidazole rings is 1. The molecular formula is C22H26N2Si. The normalized spacial score (nSPS) is 13.7. The lowest BCUT2D eigenvalue weighted by atomic mass is 9.97. The summed E-state index contributed by atoms with van der Waals surface area (Å²) in [5, 5.41) is -0.102. The molecule has 0 spiro atoms. The molecule has 1 heterocycles. The zero-order chi connectivity index (χ0) is 17.5. The number of allylic oxidation sites excluding steroid dienone is 2. The second-order valence-corrected chi connectivity index (χ2v) is 8.70. The number of rotatable bonds is 7. The van der Waals surface area contributed by atoms with Crippen molar-refractivity contribution in [1.29, 1.82) is 0 Å². The van der Waals surface area contributed by atoms with Crippen LogP contribution in [0, 0.1) is 5.92 Å². The smallest absolute Gasteiger partial charge is 0.0953 e. The molecule has 1 atom stereocenters. The maximum Gasteiger partial charge on any atom is 0.0953 e. The van der Waals surface area contributed by atoms with Gasteiger partial charge in [-0.05, 0) is 24.0 Å². The van der Waals surface area contributed by atoms with Crippen molar-refractivity contribution >= 4 is 9.52 Å². The largest absolute Gasteiger partial charge is 0.327 e. The first-order valence-corrected chi connectivity index (χ1v) is 10.7. The van der Waals surface area contributed by atoms with Gasteiger partial charge in [0.05, 0.1) is 21.0 Å². The zero-order valence-corrected chi connectivity index (χ0v) is 16.5. The van der Waals surface area contributed by atoms with E-state index in [9.17, 15) is 0 Å². The molecule has 0 aliphatic heterocycles. The van der Waals surface area contributed by atoms with Crippen molar-refractivity contribution in [1.82, 2.24) is 9.55 Å². The van der Waals surface area contributed by atoms with E-state index in [2.05, 4.69) is 102 Å². The Kier molecular flexibility index (Phi) is 5.66. The summed E-state index contributed by atoms with van der Waals surface area (Å²) in [7, 11) is -0.543. The molecular weight excluding hydrogens is 320 g/mol. The van der Waals surface area contributed by atoms with Gasteiger partial charge in [-0.1, -0.05) is 85.8 Å². The van der Waals surface area contributed by atoms with Gasteiger partial charge in [-0.2, -0.15) is 0 Å². The second kappa shape index (κ2) is 8.12. The summed E-state index contributed by atoms with van der Waals surface area (Å²) in [6.07, 6.45) is 10.5. The molecule has 1 unspecified atom stereocenters. The Balaban J connectivity index is 2.14. The molecule has 0 N–H and O–H groups in total. The minimum absolute atomic E-state index is 0.102. The number of hydrogen-bond donors (Lipinski definition) is 0. The van der Waals surface area contributed by atoms with Crippen LogP contribution >= 0.6 is 0 Å². The molecule has 128 valence electrons. The predicted molar refractivity (Wildman–Crippen MR) is 109 cm³/mol. The van der Waals surface area contributed by atoms with Crippen molar-refractivity contribution < 1.29 is 0 Å². The topological polar surface area (TPSA) is 17.8 Å². The SMILES string of the molecule is CC=CC(C)C[SiH2]C(c1ccccc1)(c1ccccc1)n1ccnc1. The molecule has 0 bridgehead atoms. The fourth-order valence-electron chi connectivity index (χ4n) is 3.66. The van der Waals surface area contributed by atoms with Crippen molar-refractivity contribution in [3.8, 4) is 0 Å². The summed E-state index contributed by atoms with van der Waals surface area (Å²) in [4.78, 5) is 4.37. The summed E-state index contributed by atoms with van der Waals surface area (Å²) in [6, 6.07) is 23.1. The third-order valence-corrected chi connectivity index (χ3v) is 8.03. The van der Waals surface area contributed by atoms with Crippen molar-refractivity contribution in [2.75, 3.05) is 0 Å². The van der Waals surface area contributed by atoms with E-state index in [-0.39, 0.29) is 5.16 Å². The first-order valence-electron chi connectivity index (χ1n) is 8.99. The van der Waals surface area contributed by atoms with Crippen molar-refractivity contribution in [2.45, 2.75) is 25.1 Å². The maximum absolute atomic E-state index is 4.37. The highest BCUT2D eigenvalue weighted by Crippen LogP contribution is 2.34. The van der Waals surface area contributed by atoms with Gasteiger partial charge in [0.25, 0.3) is 0 Å². The summed E-state index contributed by atoms with van der Waals surface area (Å²) >= 11 is 0. The van der Waals surface area contributed by atoms with Crippen LogP contribution in [0.5, 0.6) is 0 Å². The van der Waals surface area contributed by atoms with E-state index in [4.69, 9.17) is 0 Å². The Morgan fingerprint density at radius 1 is 1.04 bits per heavy atom. The number of aromatic nitrogens is 2. The lowest BCUT2D eigenvalue weighted by molar-refractivity contribution is 0.585. The van der Waals surface area contributed by atoms with E-state index in [0.717, 1.165) is 0 Å². The average molecular weight is 347 g/mol. The number of benzene rings is 2. The third kappa shape index (κ3) is 3.66. The minimum Gasteiger partial charge on any atom is -0.327 e. The van der Waals surface area contributed by atoms with Crippen LogP contribution in [-0.2, 0) is 5.16 Å². The molecule has 0 saturated carbocycles. The van der Waals surface area contributed by atoms with Crippen molar-refractivity contribution in [3.05, 3.63) is 103 Å². The maximum atomic E-state index is 4.37. The third-order valence-electron chi connectivity index (χ3n) is 4.93. The molecule has 25 heavy (non-hydrogen) atoms. The Morgan fingerprint density at radius 3 is 2.12 bits per heavy atom. The van der Waals surface area contributed by atoms with E-state index in [0.29, 0.717) is 5.92 Å². The lowest BCUT2D eigenvalue weighted by Crippen LogP contribution is -2.42. The molecule has 0 amide bonds. The highest BCUT2D eigenvalue weighted by atomic mass is 28.2. The Labute approximate surface area is 153 Å². The van der Waals surface area contributed by atoms with E-state index in [1.54, 1.807) is 0 Å². The number of hydrogen-bond acceptors (Lipinski definition) is 1. The molecule has 3 aromatic rings. The first-order chi connectivity index (χ1) is 12.3. The van der Waals surface area contributed by atoms with Gasteiger partial charge in [0.15, 0.2) is 0 Å². The monoisotopic (exact) mass is 346 g/mol. The fraction of sp³-hybridized carbons (Fsp3) is 0.227. The molecule has 0 aliphatic rings. The molecule has 2 nitrogen and oxygen atoms in total. The summed E-state index contributed by atoms with van der Waals surface area (Å²) in [6.45, 7) is 4.43. The molecule has 0 fully saturated rings. The van der Waals surface area contributed by atoms with Gasteiger partial charge in [0.2, 0.25) is 0 Å². The van der Waals surface area contributed by atoms with Crippen LogP contribution in [0.3, 0.4) is 0 Å². The Hall–Kier alpha value is -2.39. The van der Waals surface area contributed by atoms with Gasteiger partial charge in [0.1, 0.15) is 0 Å². The van der Waals surface area contributed by atoms with Crippen LogP contribution in [0.25, 0.3) is 0 Å². The highest BCUT2D eigenvalue weighted by Gasteiger charge is 2.35. The number of nitrogens with zero attached hydrogens (tertiary/aromatic N) is 2. The first kappa shape index (κ1) is 17.4. The van der Waals surface area contributed by atoms with Crippen molar-refractivity contribution in [2.24, 2.45) is 5.92 Å². The molecule has 0 aliphatic carbocycles. The van der Waals surface area contributed by atoms with Crippen LogP contribution in [0.4, 0.5) is 0 Å². The van der Waals surface area contributed by atoms with E-state index in [1.807, 2.05) is 12.5 Å². The minimum atomic E-state index is -0.543. The molecule has 1 aromatic heterocycles. The van der Waals surface area contributed by atoms with Crippen LogP contribution in [0.1, 0.15) is 25.0 Å². The molecule has 3 heteroatoms. The van der Waals surface area contributed by atoms with Gasteiger partial charge >= 0.3 is 0 Å². The lowest BCUT2D eigenvalue weighted by Gasteiger charge is -2.37. The predicted octanol–water partition coefficient (Wildman–Crippen LogP) is 4.43. The Morgan fingerprint density at radius 2 is 1.64 bits per heavy atom. The molecule has 0 saturated heterocycles. The van der Waals surface area contributed by atoms with Crippen molar-refractivity contribution in [3.63, 3.8) is 0 Å². The quantitative estimate of drug-likeness (QED) is 0.457. The second-order valence-electron chi connectivity index (χ2n) is 6.60. The average Bonchev–Trinajstić information content (AvgIpc) is 3.19. The van der Waals surface area contributed by atoms with Crippen LogP contribution in [0.15, 0.2) is 91.5 Å². The summed E-state index contributed by atoms with van der Waals surface area (Å²) in [5.74, 6) is 0.604. The summed E-state index contributed by atoms with van der Waals surface area (Å²) in [5.41, 5.74) is 2.72. The van der Waals surface area contributed by atoms with Crippen LogP contribution in [0.2, 0.25) is 6.04 Å². The fourth-order valence-corrected chi connectivity index (χ4v) is 6.22. The van der Waals surface area contributed by atoms with Gasteiger partial charge < -0.3 is 4.57 Å². The zero-order valence-electron chi connectivity index (χ0n) is 15.0. The highest BCUT2D eigenvalue weighted by molar-refractivity contribution is 6.41. The van der Waals surface area contributed by atoms with Crippen LogP contribution < -0.4 is 0 Å². The van der Waals surface area contributed by atoms with Gasteiger partial charge in [-0.25, -0.2) is 4.98 Å². The van der Waals surface area contributed by atoms with Crippen LogP contribution in [-0.4, -0.2) is 19.1 Å². The van der Waals surface area contributed by atoms with E-state index in [1.165, 1.54) is 17.2 Å². The van der Waals surface area contributed by atoms with E-state index >= 15 is 0 Å². The Bertz CT molecular complexity index is 740. The molecule has 0 radical (unpaired) electrons. The van der Waals surface area contributed by atoms with E-state index < -0.39 is 9.52 Å². The summed E-state index contributed by atoms with van der Waals surface area (Å²) < 4.78 is 2.33. The molecule has 3 rings (SSSR count).